The van der Waals surface area contributed by atoms with Crippen molar-refractivity contribution in [2.24, 2.45) is 16.6 Å². The predicted octanol–water partition coefficient (Wildman–Crippen LogP) is 2.15. The molecule has 0 spiro atoms. The molecule has 1 aliphatic rings. The molecule has 0 aliphatic carbocycles. The van der Waals surface area contributed by atoms with Gasteiger partial charge in [0.15, 0.2) is 0 Å². The zero-order valence-electron chi connectivity index (χ0n) is 13.6. The topological polar surface area (TPSA) is 91.3 Å². The maximum absolute atomic E-state index is 11.7. The van der Waals surface area contributed by atoms with Gasteiger partial charge in [-0.05, 0) is 49.4 Å². The third-order valence-electron chi connectivity index (χ3n) is 3.99. The molecule has 5 heteroatoms. The molecule has 0 bridgehead atoms. The van der Waals surface area contributed by atoms with E-state index in [2.05, 4.69) is 16.4 Å². The van der Waals surface area contributed by atoms with Crippen LogP contribution in [0.4, 0.5) is 0 Å². The first-order chi connectivity index (χ1) is 11.1. The van der Waals surface area contributed by atoms with Gasteiger partial charge in [0, 0.05) is 37.0 Å². The Bertz CT molecular complexity index is 697. The molecule has 2 rings (SSSR count). The van der Waals surface area contributed by atoms with E-state index in [-0.39, 0.29) is 11.8 Å². The number of nitrogens with one attached hydrogen (secondary N) is 1. The fourth-order valence-electron chi connectivity index (χ4n) is 2.88. The molecule has 1 unspecified atom stereocenters. The maximum Gasteiger partial charge on any atom is 0.220 e. The number of nitrogens with zero attached hydrogens (tertiary/aromatic N) is 2. The smallest absolute Gasteiger partial charge is 0.220 e. The Labute approximate surface area is 136 Å². The Hall–Kier alpha value is -2.61. The van der Waals surface area contributed by atoms with Gasteiger partial charge in [-0.1, -0.05) is 6.07 Å². The van der Waals surface area contributed by atoms with Gasteiger partial charge < -0.3 is 11.1 Å². The first-order valence-corrected chi connectivity index (χ1v) is 7.82. The molecule has 23 heavy (non-hydrogen) atoms. The van der Waals surface area contributed by atoms with Gasteiger partial charge in [0.1, 0.15) is 0 Å². The van der Waals surface area contributed by atoms with Crippen molar-refractivity contribution in [3.05, 3.63) is 41.1 Å². The summed E-state index contributed by atoms with van der Waals surface area (Å²) in [5.74, 6) is 0.298. The van der Waals surface area contributed by atoms with Crippen molar-refractivity contribution in [2.75, 3.05) is 13.1 Å². The van der Waals surface area contributed by atoms with E-state index in [0.717, 1.165) is 28.8 Å². The van der Waals surface area contributed by atoms with Gasteiger partial charge in [0.05, 0.1) is 11.6 Å². The highest BCUT2D eigenvalue weighted by Gasteiger charge is 2.24. The van der Waals surface area contributed by atoms with Crippen LogP contribution in [0, 0.1) is 24.2 Å². The van der Waals surface area contributed by atoms with E-state index >= 15 is 0 Å². The van der Waals surface area contributed by atoms with Crippen molar-refractivity contribution in [1.82, 2.24) is 5.32 Å². The van der Waals surface area contributed by atoms with Crippen molar-refractivity contribution < 1.29 is 4.79 Å². The van der Waals surface area contributed by atoms with E-state index in [1.807, 2.05) is 26.0 Å². The van der Waals surface area contributed by atoms with Crippen LogP contribution in [0.1, 0.15) is 36.5 Å². The largest absolute Gasteiger partial charge is 0.404 e. The first kappa shape index (κ1) is 16.8. The molecule has 1 aliphatic heterocycles. The molecule has 1 aromatic carbocycles. The number of amides is 1. The van der Waals surface area contributed by atoms with Crippen LogP contribution in [-0.2, 0) is 4.79 Å². The van der Waals surface area contributed by atoms with Crippen molar-refractivity contribution >= 4 is 17.2 Å². The van der Waals surface area contributed by atoms with Crippen molar-refractivity contribution in [2.45, 2.75) is 26.7 Å². The highest BCUT2D eigenvalue weighted by atomic mass is 16.1. The standard InChI is InChI=1S/C18H22N4O/c1-3-21-18(23)8-14-7-17(22-11-14)16(10-20)15-5-4-13(9-19)6-12(15)2/h4-6,10,14H,3,7-8,11,20H2,1-2H3,(H,21,23). The normalized spacial score (nSPS) is 17.5. The third-order valence-corrected chi connectivity index (χ3v) is 3.99. The molecule has 0 saturated heterocycles. The number of allylic oxidation sites excluding steroid dienone is 1. The molecule has 120 valence electrons. The molecule has 0 aromatic heterocycles. The molecule has 5 nitrogen and oxygen atoms in total. The minimum Gasteiger partial charge on any atom is -0.404 e. The highest BCUT2D eigenvalue weighted by molar-refractivity contribution is 6.24. The number of carbonyl (C=O) groups excluding carboxylic acids is 1. The average molecular weight is 310 g/mol. The molecule has 0 saturated carbocycles. The summed E-state index contributed by atoms with van der Waals surface area (Å²) in [6.45, 7) is 5.18. The molecule has 1 heterocycles. The summed E-state index contributed by atoms with van der Waals surface area (Å²) < 4.78 is 0. The molecular weight excluding hydrogens is 288 g/mol. The van der Waals surface area contributed by atoms with E-state index in [9.17, 15) is 4.79 Å². The predicted molar refractivity (Wildman–Crippen MR) is 91.8 cm³/mol. The number of nitrogens with two attached hydrogens (primary N) is 1. The number of aliphatic imine (C=N–C) groups is 1. The van der Waals surface area contributed by atoms with Crippen LogP contribution in [0.2, 0.25) is 0 Å². The zero-order valence-corrected chi connectivity index (χ0v) is 13.6. The van der Waals surface area contributed by atoms with Gasteiger partial charge in [-0.15, -0.1) is 0 Å². The molecular formula is C18H22N4O. The fourth-order valence-corrected chi connectivity index (χ4v) is 2.88. The van der Waals surface area contributed by atoms with E-state index in [4.69, 9.17) is 11.0 Å². The van der Waals surface area contributed by atoms with Crippen LogP contribution in [0.3, 0.4) is 0 Å². The number of carbonyl (C=O) groups is 1. The van der Waals surface area contributed by atoms with Gasteiger partial charge in [0.2, 0.25) is 5.91 Å². The summed E-state index contributed by atoms with van der Waals surface area (Å²) >= 11 is 0. The zero-order chi connectivity index (χ0) is 16.8. The maximum atomic E-state index is 11.7. The van der Waals surface area contributed by atoms with Crippen molar-refractivity contribution in [1.29, 1.82) is 5.26 Å². The van der Waals surface area contributed by atoms with Crippen LogP contribution in [-0.4, -0.2) is 24.7 Å². The van der Waals surface area contributed by atoms with Gasteiger partial charge in [-0.2, -0.15) is 5.26 Å². The summed E-state index contributed by atoms with van der Waals surface area (Å²) in [5, 5.41) is 11.8. The molecule has 3 N–H and O–H groups in total. The van der Waals surface area contributed by atoms with Gasteiger partial charge in [-0.25, -0.2) is 0 Å². The fraction of sp³-hybridized carbons (Fsp3) is 0.389. The van der Waals surface area contributed by atoms with E-state index in [1.54, 1.807) is 12.3 Å². The Balaban J connectivity index is 2.12. The van der Waals surface area contributed by atoms with Crippen molar-refractivity contribution in [3.63, 3.8) is 0 Å². The van der Waals surface area contributed by atoms with Crippen LogP contribution in [0.5, 0.6) is 0 Å². The quantitative estimate of drug-likeness (QED) is 0.873. The van der Waals surface area contributed by atoms with Gasteiger partial charge in [-0.3, -0.25) is 9.79 Å². The van der Waals surface area contributed by atoms with Crippen molar-refractivity contribution in [3.8, 4) is 6.07 Å². The van der Waals surface area contributed by atoms with E-state index in [1.165, 1.54) is 0 Å². The highest BCUT2D eigenvalue weighted by Crippen LogP contribution is 2.28. The van der Waals surface area contributed by atoms with Gasteiger partial charge in [0.25, 0.3) is 0 Å². The SMILES string of the molecule is CCNC(=O)CC1CN=C(C(=CN)c2ccc(C#N)cc2C)C1. The van der Waals surface area contributed by atoms with Crippen LogP contribution >= 0.6 is 0 Å². The minimum atomic E-state index is 0.0711. The Kier molecular flexibility index (Phi) is 5.53. The molecule has 0 radical (unpaired) electrons. The van der Waals surface area contributed by atoms with Gasteiger partial charge >= 0.3 is 0 Å². The first-order valence-electron chi connectivity index (χ1n) is 7.82. The molecule has 1 amide bonds. The second-order valence-electron chi connectivity index (χ2n) is 5.74. The number of aryl methyl sites for hydroxylation is 1. The van der Waals surface area contributed by atoms with Crippen LogP contribution in [0.25, 0.3) is 5.57 Å². The van der Waals surface area contributed by atoms with E-state index < -0.39 is 0 Å². The second-order valence-corrected chi connectivity index (χ2v) is 5.74. The average Bonchev–Trinajstić information content (AvgIpc) is 2.97. The molecule has 1 atom stereocenters. The summed E-state index contributed by atoms with van der Waals surface area (Å²) in [4.78, 5) is 16.3. The Morgan fingerprint density at radius 2 is 2.35 bits per heavy atom. The van der Waals surface area contributed by atoms with Crippen LogP contribution < -0.4 is 11.1 Å². The number of rotatable bonds is 5. The third kappa shape index (κ3) is 3.98. The summed E-state index contributed by atoms with van der Waals surface area (Å²) in [6.07, 6.45) is 2.81. The van der Waals surface area contributed by atoms with E-state index in [0.29, 0.717) is 25.1 Å². The second kappa shape index (κ2) is 7.59. The lowest BCUT2D eigenvalue weighted by Gasteiger charge is -2.12. The Morgan fingerprint density at radius 3 is 2.96 bits per heavy atom. The Morgan fingerprint density at radius 1 is 1.57 bits per heavy atom. The lowest BCUT2D eigenvalue weighted by Crippen LogP contribution is -2.25. The van der Waals surface area contributed by atoms with Crippen LogP contribution in [0.15, 0.2) is 29.4 Å². The summed E-state index contributed by atoms with van der Waals surface area (Å²) in [5.41, 5.74) is 10.3. The molecule has 0 fully saturated rings. The lowest BCUT2D eigenvalue weighted by atomic mass is 9.92. The summed E-state index contributed by atoms with van der Waals surface area (Å²) in [6, 6.07) is 7.68. The number of benzene rings is 1. The number of nitriles is 1. The number of hydrogen-bond acceptors (Lipinski definition) is 4. The monoisotopic (exact) mass is 310 g/mol. The summed E-state index contributed by atoms with van der Waals surface area (Å²) in [7, 11) is 0. The minimum absolute atomic E-state index is 0.0711. The lowest BCUT2D eigenvalue weighted by molar-refractivity contribution is -0.121. The number of hydrogen-bond donors (Lipinski definition) is 2. The molecule has 1 aromatic rings.